The van der Waals surface area contributed by atoms with Crippen molar-refractivity contribution in [3.8, 4) is 39.1 Å². The summed E-state index contributed by atoms with van der Waals surface area (Å²) in [6, 6.07) is 87.7. The van der Waals surface area contributed by atoms with Gasteiger partial charge < -0.3 is 13.9 Å². The van der Waals surface area contributed by atoms with Crippen molar-refractivity contribution in [1.82, 2.24) is 4.57 Å². The molecular weight excluding hydrogens is 789 g/mol. The van der Waals surface area contributed by atoms with Crippen molar-refractivity contribution in [1.29, 1.82) is 0 Å². The van der Waals surface area contributed by atoms with Crippen LogP contribution in [-0.4, -0.2) is 4.57 Å². The first-order chi connectivity index (χ1) is 32.2. The van der Waals surface area contributed by atoms with E-state index in [1.54, 1.807) is 0 Å². The highest BCUT2D eigenvalue weighted by Gasteiger charge is 2.20. The summed E-state index contributed by atoms with van der Waals surface area (Å²) in [4.78, 5) is 2.42. The average molecular weight is 829 g/mol. The molecule has 0 bridgehead atoms. The summed E-state index contributed by atoms with van der Waals surface area (Å²) in [5, 5.41) is 9.67. The summed E-state index contributed by atoms with van der Waals surface area (Å²) in [5.74, 6) is 0. The third kappa shape index (κ3) is 6.12. The van der Waals surface area contributed by atoms with E-state index in [1.165, 1.54) is 60.0 Å². The Bertz CT molecular complexity index is 3900. The number of hydrogen-bond donors (Lipinski definition) is 0. The van der Waals surface area contributed by atoms with E-state index >= 15 is 0 Å². The smallest absolute Gasteiger partial charge is 0.136 e. The van der Waals surface area contributed by atoms with Crippen molar-refractivity contribution in [2.24, 2.45) is 0 Å². The van der Waals surface area contributed by atoms with Gasteiger partial charge in [-0.3, -0.25) is 0 Å². The first kappa shape index (κ1) is 36.9. The Hall–Kier alpha value is -8.66. The minimum atomic E-state index is 0.892. The highest BCUT2D eigenvalue weighted by atomic mass is 16.3. The van der Waals surface area contributed by atoms with Gasteiger partial charge in [0.25, 0.3) is 0 Å². The van der Waals surface area contributed by atoms with E-state index in [2.05, 4.69) is 240 Å². The molecule has 0 aliphatic rings. The zero-order valence-electron chi connectivity index (χ0n) is 35.4. The number of hydrogen-bond acceptors (Lipinski definition) is 2. The molecule has 0 saturated heterocycles. The third-order valence-corrected chi connectivity index (χ3v) is 13.2. The van der Waals surface area contributed by atoms with Gasteiger partial charge in [-0.25, -0.2) is 0 Å². The van der Waals surface area contributed by atoms with Gasteiger partial charge in [0.2, 0.25) is 0 Å². The lowest BCUT2D eigenvalue weighted by atomic mass is 9.97. The summed E-state index contributed by atoms with van der Waals surface area (Å²) in [6.07, 6.45) is 0. The molecule has 2 aromatic heterocycles. The number of aromatic nitrogens is 1. The first-order valence-electron chi connectivity index (χ1n) is 22.2. The molecule has 0 radical (unpaired) electrons. The second kappa shape index (κ2) is 15.0. The molecule has 0 spiro atoms. The Morgan fingerprint density at radius 3 is 1.63 bits per heavy atom. The minimum absolute atomic E-state index is 0.892. The van der Waals surface area contributed by atoms with Gasteiger partial charge in [-0.2, -0.15) is 0 Å². The second-order valence-electron chi connectivity index (χ2n) is 16.9. The molecule has 2 heterocycles. The van der Waals surface area contributed by atoms with Crippen LogP contribution in [0, 0.1) is 0 Å². The molecule has 0 amide bonds. The van der Waals surface area contributed by atoms with Crippen molar-refractivity contribution in [3.63, 3.8) is 0 Å². The fourth-order valence-electron chi connectivity index (χ4n) is 10.2. The highest BCUT2D eigenvalue weighted by molar-refractivity contribution is 6.16. The SMILES string of the molecule is c1cc(-c2cccc3oc4ccccc4c23)cc(N(c2ccc(-c3ccc(-c4cccc(-n5c6ccccc6c6ccccc65)c4)cc3)cc2)c2cc3ccccc3c3ccccc23)c1. The van der Waals surface area contributed by atoms with Crippen molar-refractivity contribution in [2.45, 2.75) is 0 Å². The largest absolute Gasteiger partial charge is 0.456 e. The van der Waals surface area contributed by atoms with Gasteiger partial charge >= 0.3 is 0 Å². The standard InChI is InChI=1S/C62H40N2O/c1-2-19-50-46(14-1)40-59(53-21-4-3-20-52(50)53)63(48-17-12-16-45(39-48)51-25-13-29-61-62(51)56-24-7-10-28-60(56)65-61)47-36-34-42(35-37-47)41-30-32-43(33-31-41)44-15-11-18-49(38-44)64-57-26-8-5-22-54(57)55-23-6-9-27-58(55)64/h1-40H. The molecule has 0 N–H and O–H groups in total. The van der Waals surface area contributed by atoms with Gasteiger partial charge in [0.15, 0.2) is 0 Å². The number of nitrogens with zero attached hydrogens (tertiary/aromatic N) is 2. The fraction of sp³-hybridized carbons (Fsp3) is 0. The van der Waals surface area contributed by atoms with E-state index in [0.29, 0.717) is 0 Å². The molecule has 65 heavy (non-hydrogen) atoms. The number of fused-ring (bicyclic) bond motifs is 9. The van der Waals surface area contributed by atoms with Crippen LogP contribution in [0.3, 0.4) is 0 Å². The van der Waals surface area contributed by atoms with Crippen LogP contribution in [0.15, 0.2) is 247 Å². The fourth-order valence-corrected chi connectivity index (χ4v) is 10.2. The Kier molecular flexibility index (Phi) is 8.53. The van der Waals surface area contributed by atoms with E-state index in [0.717, 1.165) is 61.4 Å². The molecule has 304 valence electrons. The number of para-hydroxylation sites is 3. The molecule has 11 aromatic carbocycles. The van der Waals surface area contributed by atoms with E-state index in [-0.39, 0.29) is 0 Å². The van der Waals surface area contributed by atoms with Crippen LogP contribution in [0.4, 0.5) is 17.1 Å². The average Bonchev–Trinajstić information content (AvgIpc) is 3.93. The summed E-state index contributed by atoms with van der Waals surface area (Å²) in [5.41, 5.74) is 15.6. The molecule has 0 saturated carbocycles. The zero-order valence-corrected chi connectivity index (χ0v) is 35.4. The Morgan fingerprint density at radius 1 is 0.323 bits per heavy atom. The molecule has 0 atom stereocenters. The molecule has 0 fully saturated rings. The normalized spacial score (nSPS) is 11.7. The van der Waals surface area contributed by atoms with Crippen molar-refractivity contribution in [3.05, 3.63) is 243 Å². The number of rotatable bonds is 7. The molecule has 0 aliphatic heterocycles. The predicted octanol–water partition coefficient (Wildman–Crippen LogP) is 17.5. The molecule has 3 nitrogen and oxygen atoms in total. The van der Waals surface area contributed by atoms with E-state index in [9.17, 15) is 0 Å². The topological polar surface area (TPSA) is 21.3 Å². The lowest BCUT2D eigenvalue weighted by Gasteiger charge is -2.28. The Labute approximate surface area is 376 Å². The number of benzene rings is 11. The molecule has 0 unspecified atom stereocenters. The van der Waals surface area contributed by atoms with Crippen molar-refractivity contribution < 1.29 is 4.42 Å². The molecule has 13 rings (SSSR count). The van der Waals surface area contributed by atoms with E-state index in [1.807, 2.05) is 12.1 Å². The van der Waals surface area contributed by atoms with E-state index in [4.69, 9.17) is 4.42 Å². The molecular formula is C62H40N2O. The zero-order chi connectivity index (χ0) is 42.8. The van der Waals surface area contributed by atoms with Gasteiger partial charge in [0.05, 0.1) is 16.7 Å². The molecule has 0 aliphatic carbocycles. The van der Waals surface area contributed by atoms with Gasteiger partial charge in [-0.1, -0.05) is 176 Å². The second-order valence-corrected chi connectivity index (χ2v) is 16.9. The van der Waals surface area contributed by atoms with Crippen molar-refractivity contribution in [2.75, 3.05) is 4.90 Å². The first-order valence-corrected chi connectivity index (χ1v) is 22.2. The van der Waals surface area contributed by atoms with Crippen LogP contribution in [0.1, 0.15) is 0 Å². The minimum Gasteiger partial charge on any atom is -0.456 e. The summed E-state index contributed by atoms with van der Waals surface area (Å²) in [7, 11) is 0. The van der Waals surface area contributed by atoms with Gasteiger partial charge in [0.1, 0.15) is 11.2 Å². The lowest BCUT2D eigenvalue weighted by Crippen LogP contribution is -2.10. The van der Waals surface area contributed by atoms with Crippen LogP contribution in [0.2, 0.25) is 0 Å². The van der Waals surface area contributed by atoms with Gasteiger partial charge in [-0.05, 0) is 116 Å². The maximum Gasteiger partial charge on any atom is 0.136 e. The quantitative estimate of drug-likeness (QED) is 0.149. The van der Waals surface area contributed by atoms with E-state index < -0.39 is 0 Å². The maximum atomic E-state index is 6.33. The summed E-state index contributed by atoms with van der Waals surface area (Å²) in [6.45, 7) is 0. The lowest BCUT2D eigenvalue weighted by molar-refractivity contribution is 0.669. The van der Waals surface area contributed by atoms with Crippen LogP contribution in [0.5, 0.6) is 0 Å². The van der Waals surface area contributed by atoms with Crippen molar-refractivity contribution >= 4 is 82.4 Å². The van der Waals surface area contributed by atoms with Crippen LogP contribution in [-0.2, 0) is 0 Å². The Morgan fingerprint density at radius 2 is 0.877 bits per heavy atom. The summed E-state index contributed by atoms with van der Waals surface area (Å²) < 4.78 is 8.71. The number of furan rings is 1. The maximum absolute atomic E-state index is 6.33. The van der Waals surface area contributed by atoms with Crippen LogP contribution in [0.25, 0.3) is 104 Å². The summed E-state index contributed by atoms with van der Waals surface area (Å²) >= 11 is 0. The van der Waals surface area contributed by atoms with Crippen LogP contribution < -0.4 is 4.90 Å². The van der Waals surface area contributed by atoms with Crippen LogP contribution >= 0.6 is 0 Å². The highest BCUT2D eigenvalue weighted by Crippen LogP contribution is 2.45. The Balaban J connectivity index is 0.893. The predicted molar refractivity (Wildman–Crippen MR) is 274 cm³/mol. The third-order valence-electron chi connectivity index (χ3n) is 13.2. The monoisotopic (exact) mass is 828 g/mol. The van der Waals surface area contributed by atoms with Gasteiger partial charge in [0, 0.05) is 44.0 Å². The molecule has 3 heteroatoms. The van der Waals surface area contributed by atoms with Gasteiger partial charge in [-0.15, -0.1) is 0 Å². The molecule has 13 aromatic rings. The number of anilines is 3.